The van der Waals surface area contributed by atoms with E-state index in [0.717, 1.165) is 70.4 Å². The first kappa shape index (κ1) is 26.0. The number of benzene rings is 1. The maximum absolute atomic E-state index is 5.94. The highest BCUT2D eigenvalue weighted by molar-refractivity contribution is 14.0. The molecule has 0 radical (unpaired) electrons. The van der Waals surface area contributed by atoms with E-state index in [1.165, 1.54) is 5.56 Å². The van der Waals surface area contributed by atoms with Crippen LogP contribution in [-0.4, -0.2) is 64.0 Å². The largest absolute Gasteiger partial charge is 0.493 e. The van der Waals surface area contributed by atoms with Gasteiger partial charge in [-0.15, -0.1) is 24.0 Å². The fraction of sp³-hybridized carbons (Fsp3) is 0.682. The molecule has 1 aromatic carbocycles. The minimum Gasteiger partial charge on any atom is -0.493 e. The van der Waals surface area contributed by atoms with Gasteiger partial charge in [0.1, 0.15) is 5.75 Å². The third-order valence-electron chi connectivity index (χ3n) is 4.76. The molecular formula is C22H38IN3O3. The van der Waals surface area contributed by atoms with E-state index in [9.17, 15) is 0 Å². The summed E-state index contributed by atoms with van der Waals surface area (Å²) in [7, 11) is 3.57. The highest BCUT2D eigenvalue weighted by Crippen LogP contribution is 2.15. The Balaban J connectivity index is 0.00000420. The second-order valence-corrected chi connectivity index (χ2v) is 7.65. The van der Waals surface area contributed by atoms with E-state index in [1.807, 2.05) is 19.2 Å². The first-order chi connectivity index (χ1) is 13.6. The number of halogens is 1. The SMILES string of the molecule is CN=C(NCc1ccc(OCC(C)C)cc1)N1CCC(OCCCOC)CC1.I. The number of rotatable bonds is 10. The molecule has 1 fully saturated rings. The number of hydrogen-bond donors (Lipinski definition) is 1. The maximum atomic E-state index is 5.94. The lowest BCUT2D eigenvalue weighted by Crippen LogP contribution is -2.46. The monoisotopic (exact) mass is 519 g/mol. The second-order valence-electron chi connectivity index (χ2n) is 7.65. The molecule has 0 amide bonds. The van der Waals surface area contributed by atoms with Crippen LogP contribution in [0.1, 0.15) is 38.7 Å². The van der Waals surface area contributed by atoms with Gasteiger partial charge in [0.2, 0.25) is 0 Å². The van der Waals surface area contributed by atoms with Crippen LogP contribution in [0.5, 0.6) is 5.75 Å². The summed E-state index contributed by atoms with van der Waals surface area (Å²) < 4.78 is 16.8. The van der Waals surface area contributed by atoms with Crippen molar-refractivity contribution in [2.45, 2.75) is 45.8 Å². The highest BCUT2D eigenvalue weighted by atomic mass is 127. The molecule has 0 atom stereocenters. The zero-order chi connectivity index (χ0) is 20.2. The molecule has 0 spiro atoms. The molecule has 1 heterocycles. The van der Waals surface area contributed by atoms with Gasteiger partial charge in [-0.05, 0) is 42.9 Å². The summed E-state index contributed by atoms with van der Waals surface area (Å²) in [6.45, 7) is 9.29. The van der Waals surface area contributed by atoms with Gasteiger partial charge in [0.15, 0.2) is 5.96 Å². The van der Waals surface area contributed by atoms with Gasteiger partial charge in [0.05, 0.1) is 12.7 Å². The van der Waals surface area contributed by atoms with Gasteiger partial charge in [0.25, 0.3) is 0 Å². The molecule has 0 saturated carbocycles. The van der Waals surface area contributed by atoms with Gasteiger partial charge < -0.3 is 24.4 Å². The summed E-state index contributed by atoms with van der Waals surface area (Å²) in [6, 6.07) is 8.29. The molecule has 0 bridgehead atoms. The van der Waals surface area contributed by atoms with E-state index in [-0.39, 0.29) is 24.0 Å². The molecular weight excluding hydrogens is 481 g/mol. The fourth-order valence-corrected chi connectivity index (χ4v) is 3.17. The maximum Gasteiger partial charge on any atom is 0.193 e. The number of ether oxygens (including phenoxy) is 3. The van der Waals surface area contributed by atoms with Gasteiger partial charge in [-0.1, -0.05) is 26.0 Å². The molecule has 7 heteroatoms. The van der Waals surface area contributed by atoms with Crippen molar-refractivity contribution >= 4 is 29.9 Å². The summed E-state index contributed by atoms with van der Waals surface area (Å²) in [5.41, 5.74) is 1.22. The lowest BCUT2D eigenvalue weighted by Gasteiger charge is -2.34. The van der Waals surface area contributed by atoms with Crippen LogP contribution in [0.3, 0.4) is 0 Å². The molecule has 0 unspecified atom stereocenters. The van der Waals surface area contributed by atoms with Crippen molar-refractivity contribution in [2.75, 3.05) is 47.1 Å². The first-order valence-electron chi connectivity index (χ1n) is 10.4. The Morgan fingerprint density at radius 3 is 2.45 bits per heavy atom. The summed E-state index contributed by atoms with van der Waals surface area (Å²) in [4.78, 5) is 6.77. The van der Waals surface area contributed by atoms with E-state index in [0.29, 0.717) is 12.0 Å². The van der Waals surface area contributed by atoms with Crippen molar-refractivity contribution < 1.29 is 14.2 Å². The number of likely N-dealkylation sites (tertiary alicyclic amines) is 1. The second kappa shape index (κ2) is 14.8. The van der Waals surface area contributed by atoms with Crippen molar-refractivity contribution in [1.82, 2.24) is 10.2 Å². The van der Waals surface area contributed by atoms with Crippen LogP contribution in [0.15, 0.2) is 29.3 Å². The number of methoxy groups -OCH3 is 1. The van der Waals surface area contributed by atoms with Gasteiger partial charge in [0, 0.05) is 47.0 Å². The Morgan fingerprint density at radius 1 is 1.17 bits per heavy atom. The predicted octanol–water partition coefficient (Wildman–Crippen LogP) is 3.93. The Morgan fingerprint density at radius 2 is 1.86 bits per heavy atom. The van der Waals surface area contributed by atoms with E-state index in [1.54, 1.807) is 7.11 Å². The molecule has 1 aromatic rings. The van der Waals surface area contributed by atoms with Crippen LogP contribution in [0.25, 0.3) is 0 Å². The topological polar surface area (TPSA) is 55.3 Å². The standard InChI is InChI=1S/C22H37N3O3.HI/c1-18(2)17-28-20-8-6-19(7-9-20)16-24-22(23-3)25-12-10-21(11-13-25)27-15-5-14-26-4;/h6-9,18,21H,5,10-17H2,1-4H3,(H,23,24);1H. The van der Waals surface area contributed by atoms with Gasteiger partial charge in [-0.3, -0.25) is 4.99 Å². The summed E-state index contributed by atoms with van der Waals surface area (Å²) in [5.74, 6) is 2.41. The van der Waals surface area contributed by atoms with E-state index < -0.39 is 0 Å². The average Bonchev–Trinajstić information content (AvgIpc) is 2.72. The van der Waals surface area contributed by atoms with E-state index >= 15 is 0 Å². The lowest BCUT2D eigenvalue weighted by molar-refractivity contribution is 0.00989. The van der Waals surface area contributed by atoms with E-state index in [2.05, 4.69) is 41.2 Å². The zero-order valence-corrected chi connectivity index (χ0v) is 20.7. The Bertz CT molecular complexity index is 573. The Kier molecular flexibility index (Phi) is 13.3. The number of guanidine groups is 1. The average molecular weight is 519 g/mol. The quantitative estimate of drug-likeness (QED) is 0.220. The van der Waals surface area contributed by atoms with Crippen LogP contribution in [-0.2, 0) is 16.0 Å². The molecule has 2 rings (SSSR count). The molecule has 0 aromatic heterocycles. The molecule has 29 heavy (non-hydrogen) atoms. The molecule has 1 aliphatic heterocycles. The van der Waals surface area contributed by atoms with Gasteiger partial charge >= 0.3 is 0 Å². The highest BCUT2D eigenvalue weighted by Gasteiger charge is 2.21. The van der Waals surface area contributed by atoms with Crippen LogP contribution < -0.4 is 10.1 Å². The smallest absolute Gasteiger partial charge is 0.193 e. The predicted molar refractivity (Wildman–Crippen MR) is 129 cm³/mol. The number of hydrogen-bond acceptors (Lipinski definition) is 4. The van der Waals surface area contributed by atoms with Crippen molar-refractivity contribution in [3.05, 3.63) is 29.8 Å². The van der Waals surface area contributed by atoms with Crippen LogP contribution >= 0.6 is 24.0 Å². The Hall–Kier alpha value is -1.06. The summed E-state index contributed by atoms with van der Waals surface area (Å²) in [5, 5.41) is 3.48. The molecule has 166 valence electrons. The zero-order valence-electron chi connectivity index (χ0n) is 18.4. The van der Waals surface area contributed by atoms with Crippen molar-refractivity contribution in [3.63, 3.8) is 0 Å². The molecule has 6 nitrogen and oxygen atoms in total. The number of nitrogens with zero attached hydrogens (tertiary/aromatic N) is 2. The number of nitrogens with one attached hydrogen (secondary N) is 1. The van der Waals surface area contributed by atoms with Crippen molar-refractivity contribution in [2.24, 2.45) is 10.9 Å². The lowest BCUT2D eigenvalue weighted by atomic mass is 10.1. The van der Waals surface area contributed by atoms with Gasteiger partial charge in [-0.25, -0.2) is 0 Å². The molecule has 0 aliphatic carbocycles. The van der Waals surface area contributed by atoms with Crippen LogP contribution in [0.2, 0.25) is 0 Å². The van der Waals surface area contributed by atoms with Crippen molar-refractivity contribution in [1.29, 1.82) is 0 Å². The molecule has 1 saturated heterocycles. The fourth-order valence-electron chi connectivity index (χ4n) is 3.17. The number of aliphatic imine (C=N–C) groups is 1. The van der Waals surface area contributed by atoms with E-state index in [4.69, 9.17) is 14.2 Å². The van der Waals surface area contributed by atoms with Gasteiger partial charge in [-0.2, -0.15) is 0 Å². The minimum atomic E-state index is 0. The Labute approximate surface area is 193 Å². The van der Waals surface area contributed by atoms with Crippen LogP contribution in [0.4, 0.5) is 0 Å². The van der Waals surface area contributed by atoms with Crippen LogP contribution in [0, 0.1) is 5.92 Å². The number of piperidine rings is 1. The first-order valence-corrected chi connectivity index (χ1v) is 10.4. The minimum absolute atomic E-state index is 0. The normalized spacial score (nSPS) is 15.3. The summed E-state index contributed by atoms with van der Waals surface area (Å²) >= 11 is 0. The molecule has 1 aliphatic rings. The third kappa shape index (κ3) is 10.00. The third-order valence-corrected chi connectivity index (χ3v) is 4.76. The molecule has 1 N–H and O–H groups in total. The summed E-state index contributed by atoms with van der Waals surface area (Å²) in [6.07, 6.45) is 3.39. The van der Waals surface area contributed by atoms with Crippen molar-refractivity contribution in [3.8, 4) is 5.75 Å².